The Kier molecular flexibility index (Phi) is 9.47. The van der Waals surface area contributed by atoms with E-state index in [1.165, 1.54) is 0 Å². The SMILES string of the molecule is Cc1cccc(CN(C(=O)COc2ccccc2C)[C@H](Cc2ccccc2)C(=O)NCC(C)C)c1. The molecule has 5 nitrogen and oxygen atoms in total. The smallest absolute Gasteiger partial charge is 0.261 e. The number of carbonyl (C=O) groups excluding carboxylic acids is 2. The molecule has 0 spiro atoms. The number of hydrogen-bond acceptors (Lipinski definition) is 3. The highest BCUT2D eigenvalue weighted by Crippen LogP contribution is 2.19. The van der Waals surface area contributed by atoms with Crippen molar-refractivity contribution in [3.63, 3.8) is 0 Å². The first kappa shape index (κ1) is 26.0. The van der Waals surface area contributed by atoms with E-state index in [1.807, 2.05) is 92.7 Å². The van der Waals surface area contributed by atoms with Crippen molar-refractivity contribution in [1.82, 2.24) is 10.2 Å². The van der Waals surface area contributed by atoms with Crippen LogP contribution in [-0.4, -0.2) is 35.9 Å². The number of benzene rings is 3. The van der Waals surface area contributed by atoms with Crippen molar-refractivity contribution in [1.29, 1.82) is 0 Å². The van der Waals surface area contributed by atoms with Crippen molar-refractivity contribution in [2.75, 3.05) is 13.2 Å². The monoisotopic (exact) mass is 472 g/mol. The van der Waals surface area contributed by atoms with Crippen LogP contribution < -0.4 is 10.1 Å². The van der Waals surface area contributed by atoms with E-state index in [0.29, 0.717) is 31.2 Å². The van der Waals surface area contributed by atoms with E-state index in [9.17, 15) is 9.59 Å². The van der Waals surface area contributed by atoms with Gasteiger partial charge in [0, 0.05) is 19.5 Å². The number of aryl methyl sites for hydroxylation is 2. The van der Waals surface area contributed by atoms with E-state index in [0.717, 1.165) is 22.3 Å². The van der Waals surface area contributed by atoms with Gasteiger partial charge in [0.1, 0.15) is 11.8 Å². The minimum atomic E-state index is -0.662. The first-order valence-corrected chi connectivity index (χ1v) is 12.2. The van der Waals surface area contributed by atoms with Gasteiger partial charge in [-0.05, 0) is 42.5 Å². The molecule has 0 aliphatic carbocycles. The Morgan fingerprint density at radius 1 is 0.886 bits per heavy atom. The van der Waals surface area contributed by atoms with Crippen LogP contribution in [0.4, 0.5) is 0 Å². The van der Waals surface area contributed by atoms with Crippen LogP contribution in [0.3, 0.4) is 0 Å². The molecule has 0 saturated heterocycles. The van der Waals surface area contributed by atoms with E-state index in [2.05, 4.69) is 19.2 Å². The van der Waals surface area contributed by atoms with Crippen LogP contribution in [0.25, 0.3) is 0 Å². The molecule has 0 saturated carbocycles. The third-order valence-corrected chi connectivity index (χ3v) is 5.84. The average Bonchev–Trinajstić information content (AvgIpc) is 2.84. The number of ether oxygens (including phenoxy) is 1. The molecule has 0 aliphatic heterocycles. The second-order valence-corrected chi connectivity index (χ2v) is 9.41. The lowest BCUT2D eigenvalue weighted by atomic mass is 10.0. The highest BCUT2D eigenvalue weighted by molar-refractivity contribution is 5.88. The van der Waals surface area contributed by atoms with Crippen LogP contribution in [0.1, 0.15) is 36.1 Å². The fourth-order valence-corrected chi connectivity index (χ4v) is 3.92. The fourth-order valence-electron chi connectivity index (χ4n) is 3.92. The van der Waals surface area contributed by atoms with Gasteiger partial charge >= 0.3 is 0 Å². The van der Waals surface area contributed by atoms with E-state index in [-0.39, 0.29) is 18.4 Å². The van der Waals surface area contributed by atoms with Crippen LogP contribution in [0.2, 0.25) is 0 Å². The Balaban J connectivity index is 1.91. The zero-order valence-electron chi connectivity index (χ0n) is 21.2. The predicted molar refractivity (Wildman–Crippen MR) is 140 cm³/mol. The minimum absolute atomic E-state index is 0.139. The summed E-state index contributed by atoms with van der Waals surface area (Å²) < 4.78 is 5.90. The number of hydrogen-bond donors (Lipinski definition) is 1. The fraction of sp³-hybridized carbons (Fsp3) is 0.333. The Bertz CT molecular complexity index is 1110. The number of nitrogens with zero attached hydrogens (tertiary/aromatic N) is 1. The second kappa shape index (κ2) is 12.7. The van der Waals surface area contributed by atoms with Crippen molar-refractivity contribution in [2.24, 2.45) is 5.92 Å². The highest BCUT2D eigenvalue weighted by Gasteiger charge is 2.30. The number of rotatable bonds is 11. The van der Waals surface area contributed by atoms with E-state index >= 15 is 0 Å². The molecule has 2 amide bonds. The van der Waals surface area contributed by atoms with Gasteiger partial charge in [0.15, 0.2) is 6.61 Å². The average molecular weight is 473 g/mol. The van der Waals surface area contributed by atoms with E-state index in [1.54, 1.807) is 4.90 Å². The van der Waals surface area contributed by atoms with Crippen LogP contribution in [0.5, 0.6) is 5.75 Å². The summed E-state index contributed by atoms with van der Waals surface area (Å²) in [5, 5.41) is 3.04. The standard InChI is InChI=1S/C30H36N2O3/c1-22(2)19-31-30(34)27(18-25-13-6-5-7-14-25)32(20-26-15-10-11-23(3)17-26)29(33)21-35-28-16-9-8-12-24(28)4/h5-17,22,27H,18-21H2,1-4H3,(H,31,34)/t27-/m1/s1. The number of nitrogens with one attached hydrogen (secondary N) is 1. The Labute approximate surface area is 209 Å². The summed E-state index contributed by atoms with van der Waals surface area (Å²) in [6.45, 7) is 8.81. The van der Waals surface area contributed by atoms with Gasteiger partial charge in [-0.3, -0.25) is 9.59 Å². The highest BCUT2D eigenvalue weighted by atomic mass is 16.5. The molecular weight excluding hydrogens is 436 g/mol. The summed E-state index contributed by atoms with van der Waals surface area (Å²) in [5.74, 6) is 0.594. The first-order valence-electron chi connectivity index (χ1n) is 12.2. The summed E-state index contributed by atoms with van der Waals surface area (Å²) in [4.78, 5) is 28.7. The third-order valence-electron chi connectivity index (χ3n) is 5.84. The zero-order valence-corrected chi connectivity index (χ0v) is 21.2. The van der Waals surface area contributed by atoms with Crippen molar-refractivity contribution >= 4 is 11.8 Å². The molecule has 0 heterocycles. The molecule has 0 unspecified atom stereocenters. The molecule has 35 heavy (non-hydrogen) atoms. The van der Waals surface area contributed by atoms with Gasteiger partial charge in [-0.2, -0.15) is 0 Å². The maximum atomic E-state index is 13.6. The molecule has 0 fully saturated rings. The van der Waals surface area contributed by atoms with E-state index in [4.69, 9.17) is 4.74 Å². The van der Waals surface area contributed by atoms with Gasteiger partial charge in [0.25, 0.3) is 5.91 Å². The van der Waals surface area contributed by atoms with Crippen molar-refractivity contribution in [3.8, 4) is 5.75 Å². The normalized spacial score (nSPS) is 11.7. The minimum Gasteiger partial charge on any atom is -0.484 e. The molecule has 3 aromatic rings. The molecule has 1 N–H and O–H groups in total. The predicted octanol–water partition coefficient (Wildman–Crippen LogP) is 5.09. The van der Waals surface area contributed by atoms with Crippen LogP contribution in [-0.2, 0) is 22.6 Å². The van der Waals surface area contributed by atoms with Gasteiger partial charge < -0.3 is 15.0 Å². The van der Waals surface area contributed by atoms with E-state index < -0.39 is 6.04 Å². The number of para-hydroxylation sites is 1. The molecule has 3 rings (SSSR count). The molecule has 0 aliphatic rings. The lowest BCUT2D eigenvalue weighted by molar-refractivity contribution is -0.142. The summed E-state index contributed by atoms with van der Waals surface area (Å²) >= 11 is 0. The van der Waals surface area contributed by atoms with Gasteiger partial charge in [-0.25, -0.2) is 0 Å². The Hall–Kier alpha value is -3.60. The first-order chi connectivity index (χ1) is 16.8. The molecule has 184 valence electrons. The molecule has 0 aromatic heterocycles. The van der Waals surface area contributed by atoms with Crippen molar-refractivity contribution in [3.05, 3.63) is 101 Å². The summed E-state index contributed by atoms with van der Waals surface area (Å²) in [6.07, 6.45) is 0.423. The zero-order chi connectivity index (χ0) is 25.2. The molecule has 1 atom stereocenters. The van der Waals surface area contributed by atoms with Crippen LogP contribution in [0, 0.1) is 19.8 Å². The van der Waals surface area contributed by atoms with Gasteiger partial charge in [0.05, 0.1) is 0 Å². The van der Waals surface area contributed by atoms with Gasteiger partial charge in [-0.15, -0.1) is 0 Å². The quantitative estimate of drug-likeness (QED) is 0.423. The molecule has 3 aromatic carbocycles. The maximum absolute atomic E-state index is 13.6. The second-order valence-electron chi connectivity index (χ2n) is 9.41. The molecule has 0 radical (unpaired) electrons. The maximum Gasteiger partial charge on any atom is 0.261 e. The van der Waals surface area contributed by atoms with Crippen molar-refractivity contribution < 1.29 is 14.3 Å². The van der Waals surface area contributed by atoms with Gasteiger partial charge in [-0.1, -0.05) is 92.2 Å². The summed E-state index contributed by atoms with van der Waals surface area (Å²) in [5.41, 5.74) is 4.04. The lowest BCUT2D eigenvalue weighted by Gasteiger charge is -2.32. The largest absolute Gasteiger partial charge is 0.484 e. The number of carbonyl (C=O) groups is 2. The van der Waals surface area contributed by atoms with Crippen LogP contribution in [0.15, 0.2) is 78.9 Å². The molecule has 0 bridgehead atoms. The topological polar surface area (TPSA) is 58.6 Å². The Morgan fingerprint density at radius 2 is 1.57 bits per heavy atom. The summed E-state index contributed by atoms with van der Waals surface area (Å²) in [7, 11) is 0. The van der Waals surface area contributed by atoms with Crippen LogP contribution >= 0.6 is 0 Å². The number of amides is 2. The molecular formula is C30H36N2O3. The Morgan fingerprint density at radius 3 is 2.26 bits per heavy atom. The molecule has 5 heteroatoms. The van der Waals surface area contributed by atoms with Gasteiger partial charge in [0.2, 0.25) is 5.91 Å². The van der Waals surface area contributed by atoms with Crippen molar-refractivity contribution in [2.45, 2.75) is 46.7 Å². The lowest BCUT2D eigenvalue weighted by Crippen LogP contribution is -2.52. The summed E-state index contributed by atoms with van der Waals surface area (Å²) in [6, 6.07) is 24.8. The third kappa shape index (κ3) is 7.99.